The highest BCUT2D eigenvalue weighted by Gasteiger charge is 2.14. The van der Waals surface area contributed by atoms with Crippen LogP contribution in [0.1, 0.15) is 29.9 Å². The van der Waals surface area contributed by atoms with Gasteiger partial charge in [-0.1, -0.05) is 44.2 Å². The number of hydrogen-bond donors (Lipinski definition) is 2. The maximum atomic E-state index is 12.1. The SMILES string of the molecule is CC(C)CNC(=O)c1c[nH]c(=O)n1Cc1ccccc1. The fourth-order valence-corrected chi connectivity index (χ4v) is 1.89. The van der Waals surface area contributed by atoms with Gasteiger partial charge in [0.25, 0.3) is 5.91 Å². The maximum Gasteiger partial charge on any atom is 0.326 e. The lowest BCUT2D eigenvalue weighted by Gasteiger charge is -2.09. The predicted molar refractivity (Wildman–Crippen MR) is 77.8 cm³/mol. The number of amides is 1. The van der Waals surface area contributed by atoms with Crippen LogP contribution in [0, 0.1) is 5.92 Å². The Morgan fingerprint density at radius 2 is 2.00 bits per heavy atom. The highest BCUT2D eigenvalue weighted by atomic mass is 16.2. The lowest BCUT2D eigenvalue weighted by Crippen LogP contribution is -2.31. The van der Waals surface area contributed by atoms with Crippen molar-refractivity contribution in [1.82, 2.24) is 14.9 Å². The molecular weight excluding hydrogens is 254 g/mol. The van der Waals surface area contributed by atoms with E-state index in [9.17, 15) is 9.59 Å². The van der Waals surface area contributed by atoms with E-state index in [0.29, 0.717) is 24.7 Å². The number of H-pyrrole nitrogens is 1. The molecule has 0 aliphatic rings. The molecule has 1 aromatic carbocycles. The molecule has 1 aromatic heterocycles. The van der Waals surface area contributed by atoms with Gasteiger partial charge in [-0.2, -0.15) is 0 Å². The lowest BCUT2D eigenvalue weighted by molar-refractivity contribution is 0.0940. The number of rotatable bonds is 5. The van der Waals surface area contributed by atoms with Crippen LogP contribution in [0.15, 0.2) is 41.3 Å². The normalized spacial score (nSPS) is 10.8. The summed E-state index contributed by atoms with van der Waals surface area (Å²) in [5.41, 5.74) is 1.06. The lowest BCUT2D eigenvalue weighted by atomic mass is 10.2. The fraction of sp³-hybridized carbons (Fsp3) is 0.333. The van der Waals surface area contributed by atoms with Crippen LogP contribution >= 0.6 is 0 Å². The molecule has 2 aromatic rings. The average Bonchev–Trinajstić information content (AvgIpc) is 2.79. The Bertz CT molecular complexity index is 626. The average molecular weight is 273 g/mol. The van der Waals surface area contributed by atoms with E-state index in [0.717, 1.165) is 5.56 Å². The number of hydrogen-bond acceptors (Lipinski definition) is 2. The summed E-state index contributed by atoms with van der Waals surface area (Å²) in [6, 6.07) is 9.58. The molecule has 0 saturated heterocycles. The summed E-state index contributed by atoms with van der Waals surface area (Å²) in [5.74, 6) is 0.139. The predicted octanol–water partition coefficient (Wildman–Crippen LogP) is 1.61. The Balaban J connectivity index is 2.19. The first-order valence-corrected chi connectivity index (χ1v) is 6.68. The molecule has 0 fully saturated rings. The Morgan fingerprint density at radius 1 is 1.30 bits per heavy atom. The van der Waals surface area contributed by atoms with E-state index in [4.69, 9.17) is 0 Å². The topological polar surface area (TPSA) is 66.9 Å². The molecule has 2 rings (SSSR count). The number of imidazole rings is 1. The summed E-state index contributed by atoms with van der Waals surface area (Å²) in [7, 11) is 0. The van der Waals surface area contributed by atoms with Crippen molar-refractivity contribution in [2.75, 3.05) is 6.54 Å². The van der Waals surface area contributed by atoms with Gasteiger partial charge >= 0.3 is 5.69 Å². The molecule has 0 spiro atoms. The number of benzene rings is 1. The monoisotopic (exact) mass is 273 g/mol. The number of aromatic nitrogens is 2. The van der Waals surface area contributed by atoms with E-state index in [1.807, 2.05) is 44.2 Å². The van der Waals surface area contributed by atoms with Crippen molar-refractivity contribution in [1.29, 1.82) is 0 Å². The van der Waals surface area contributed by atoms with E-state index in [1.54, 1.807) is 0 Å². The second kappa shape index (κ2) is 6.23. The van der Waals surface area contributed by atoms with Gasteiger partial charge in [0.05, 0.1) is 6.54 Å². The van der Waals surface area contributed by atoms with Crippen LogP contribution in [0.5, 0.6) is 0 Å². The molecule has 1 amide bonds. The van der Waals surface area contributed by atoms with Crippen LogP contribution in [-0.2, 0) is 6.54 Å². The Hall–Kier alpha value is -2.30. The third-order valence-electron chi connectivity index (χ3n) is 2.96. The van der Waals surface area contributed by atoms with Crippen molar-refractivity contribution in [3.63, 3.8) is 0 Å². The molecule has 0 aliphatic heterocycles. The van der Waals surface area contributed by atoms with Crippen molar-refractivity contribution in [3.8, 4) is 0 Å². The van der Waals surface area contributed by atoms with E-state index in [2.05, 4.69) is 10.3 Å². The third-order valence-corrected chi connectivity index (χ3v) is 2.96. The van der Waals surface area contributed by atoms with Gasteiger partial charge in [-0.15, -0.1) is 0 Å². The summed E-state index contributed by atoms with van der Waals surface area (Å²) >= 11 is 0. The van der Waals surface area contributed by atoms with Crippen LogP contribution in [0.2, 0.25) is 0 Å². The number of carbonyl (C=O) groups is 1. The summed E-state index contributed by atoms with van der Waals surface area (Å²) in [5, 5.41) is 2.82. The van der Waals surface area contributed by atoms with Crippen LogP contribution in [0.4, 0.5) is 0 Å². The molecule has 20 heavy (non-hydrogen) atoms. The first-order chi connectivity index (χ1) is 9.58. The smallest absolute Gasteiger partial charge is 0.326 e. The van der Waals surface area contributed by atoms with Gasteiger partial charge in [0.1, 0.15) is 5.69 Å². The number of carbonyl (C=O) groups excluding carboxylic acids is 1. The third kappa shape index (κ3) is 3.38. The quantitative estimate of drug-likeness (QED) is 0.869. The minimum Gasteiger partial charge on any atom is -0.350 e. The molecule has 106 valence electrons. The minimum absolute atomic E-state index is 0.229. The highest BCUT2D eigenvalue weighted by molar-refractivity contribution is 5.92. The molecule has 0 atom stereocenters. The zero-order valence-corrected chi connectivity index (χ0v) is 11.7. The zero-order chi connectivity index (χ0) is 14.5. The summed E-state index contributed by atoms with van der Waals surface area (Å²) in [6.45, 7) is 5.01. The fourth-order valence-electron chi connectivity index (χ4n) is 1.89. The molecule has 0 unspecified atom stereocenters. The molecule has 0 radical (unpaired) electrons. The molecule has 0 aliphatic carbocycles. The van der Waals surface area contributed by atoms with E-state index >= 15 is 0 Å². The largest absolute Gasteiger partial charge is 0.350 e. The maximum absolute atomic E-state index is 12.1. The van der Waals surface area contributed by atoms with Crippen molar-refractivity contribution in [2.24, 2.45) is 5.92 Å². The summed E-state index contributed by atoms with van der Waals surface area (Å²) < 4.78 is 1.45. The van der Waals surface area contributed by atoms with Crippen LogP contribution in [0.3, 0.4) is 0 Å². The van der Waals surface area contributed by atoms with E-state index in [1.165, 1.54) is 10.8 Å². The Morgan fingerprint density at radius 3 is 2.65 bits per heavy atom. The Labute approximate surface area is 117 Å². The van der Waals surface area contributed by atoms with Crippen LogP contribution < -0.4 is 11.0 Å². The molecule has 0 saturated carbocycles. The zero-order valence-electron chi connectivity index (χ0n) is 11.7. The van der Waals surface area contributed by atoms with Crippen molar-refractivity contribution in [3.05, 3.63) is 58.3 Å². The van der Waals surface area contributed by atoms with Crippen LogP contribution in [-0.4, -0.2) is 22.0 Å². The van der Waals surface area contributed by atoms with Crippen LogP contribution in [0.25, 0.3) is 0 Å². The van der Waals surface area contributed by atoms with Gasteiger partial charge in [-0.25, -0.2) is 4.79 Å². The van der Waals surface area contributed by atoms with E-state index < -0.39 is 0 Å². The van der Waals surface area contributed by atoms with Gasteiger partial charge in [0.15, 0.2) is 0 Å². The first-order valence-electron chi connectivity index (χ1n) is 6.68. The second-order valence-corrected chi connectivity index (χ2v) is 5.15. The van der Waals surface area contributed by atoms with Gasteiger partial charge in [0.2, 0.25) is 0 Å². The summed E-state index contributed by atoms with van der Waals surface area (Å²) in [4.78, 5) is 26.5. The van der Waals surface area contributed by atoms with Crippen molar-refractivity contribution >= 4 is 5.91 Å². The summed E-state index contributed by atoms with van der Waals surface area (Å²) in [6.07, 6.45) is 1.46. The van der Waals surface area contributed by atoms with Gasteiger partial charge in [-0.3, -0.25) is 9.36 Å². The molecule has 1 heterocycles. The number of nitrogens with one attached hydrogen (secondary N) is 2. The second-order valence-electron chi connectivity index (χ2n) is 5.15. The first kappa shape index (κ1) is 14.1. The molecule has 5 heteroatoms. The van der Waals surface area contributed by atoms with Gasteiger partial charge < -0.3 is 10.3 Å². The van der Waals surface area contributed by atoms with Crippen molar-refractivity contribution < 1.29 is 4.79 Å². The number of nitrogens with zero attached hydrogens (tertiary/aromatic N) is 1. The van der Waals surface area contributed by atoms with Gasteiger partial charge in [-0.05, 0) is 11.5 Å². The highest BCUT2D eigenvalue weighted by Crippen LogP contribution is 2.04. The Kier molecular flexibility index (Phi) is 4.40. The van der Waals surface area contributed by atoms with Gasteiger partial charge in [0, 0.05) is 12.7 Å². The molecule has 2 N–H and O–H groups in total. The molecular formula is C15H19N3O2. The molecule has 0 bridgehead atoms. The molecule has 5 nitrogen and oxygen atoms in total. The standard InChI is InChI=1S/C15H19N3O2/c1-11(2)8-16-14(19)13-9-17-15(20)18(13)10-12-6-4-3-5-7-12/h3-7,9,11H,8,10H2,1-2H3,(H,16,19)(H,17,20). The van der Waals surface area contributed by atoms with Crippen molar-refractivity contribution in [2.45, 2.75) is 20.4 Å². The van der Waals surface area contributed by atoms with E-state index in [-0.39, 0.29) is 11.6 Å². The number of aromatic amines is 1. The minimum atomic E-state index is -0.274.